The number of carbonyl (C=O) groups excluding carboxylic acids is 1. The van der Waals surface area contributed by atoms with Crippen LogP contribution in [0.2, 0.25) is 0 Å². The summed E-state index contributed by atoms with van der Waals surface area (Å²) in [4.78, 5) is 17.1. The minimum atomic E-state index is 0.198. The fourth-order valence-corrected chi connectivity index (χ4v) is 3.89. The predicted molar refractivity (Wildman–Crippen MR) is 100 cm³/mol. The zero-order chi connectivity index (χ0) is 18.6. The number of carbonyl (C=O) groups is 1. The molecule has 1 fully saturated rings. The van der Waals surface area contributed by atoms with Crippen LogP contribution in [0.1, 0.15) is 52.1 Å². The summed E-state index contributed by atoms with van der Waals surface area (Å²) in [6, 6.07) is 6.58. The highest BCUT2D eigenvalue weighted by Crippen LogP contribution is 2.38. The lowest BCUT2D eigenvalue weighted by atomic mass is 10.0. The van der Waals surface area contributed by atoms with Crippen LogP contribution >= 0.6 is 0 Å². The van der Waals surface area contributed by atoms with Gasteiger partial charge in [0.1, 0.15) is 11.5 Å². The Morgan fingerprint density at radius 1 is 1.20 bits per heavy atom. The molecule has 25 heavy (non-hydrogen) atoms. The van der Waals surface area contributed by atoms with Gasteiger partial charge in [-0.25, -0.2) is 0 Å². The Morgan fingerprint density at radius 3 is 2.44 bits per heavy atom. The van der Waals surface area contributed by atoms with Crippen molar-refractivity contribution < 1.29 is 14.3 Å². The molecular weight excluding hydrogens is 316 g/mol. The van der Waals surface area contributed by atoms with E-state index in [9.17, 15) is 4.79 Å². The third kappa shape index (κ3) is 4.46. The average molecular weight is 348 g/mol. The highest BCUT2D eigenvalue weighted by atomic mass is 16.5. The standard InChI is InChI=1S/C20H32N2O3/c1-14(2)22(15(3)4)20(23)13-21-11-7-8-18(21)17-10-9-16(24-5)12-19(17)25-6/h9-10,12,14-15,18H,7-8,11,13H2,1-6H3. The molecule has 1 aliphatic rings. The largest absolute Gasteiger partial charge is 0.497 e. The van der Waals surface area contributed by atoms with Crippen LogP contribution in [-0.4, -0.2) is 55.1 Å². The van der Waals surface area contributed by atoms with Crippen molar-refractivity contribution >= 4 is 5.91 Å². The van der Waals surface area contributed by atoms with Gasteiger partial charge in [-0.2, -0.15) is 0 Å². The number of nitrogens with zero attached hydrogens (tertiary/aromatic N) is 2. The van der Waals surface area contributed by atoms with E-state index in [2.05, 4.69) is 38.7 Å². The molecule has 1 aliphatic heterocycles. The van der Waals surface area contributed by atoms with E-state index in [-0.39, 0.29) is 24.0 Å². The maximum Gasteiger partial charge on any atom is 0.237 e. The Balaban J connectivity index is 2.19. The molecule has 0 aromatic heterocycles. The monoisotopic (exact) mass is 348 g/mol. The quantitative estimate of drug-likeness (QED) is 0.756. The molecule has 0 radical (unpaired) electrons. The second kappa shape index (κ2) is 8.56. The van der Waals surface area contributed by atoms with Crippen LogP contribution in [-0.2, 0) is 4.79 Å². The Labute approximate surface area is 151 Å². The predicted octanol–water partition coefficient (Wildman–Crippen LogP) is 3.49. The van der Waals surface area contributed by atoms with Gasteiger partial charge in [-0.1, -0.05) is 6.07 Å². The topological polar surface area (TPSA) is 42.0 Å². The molecular formula is C20H32N2O3. The fourth-order valence-electron chi connectivity index (χ4n) is 3.89. The summed E-state index contributed by atoms with van der Waals surface area (Å²) in [5, 5.41) is 0. The van der Waals surface area contributed by atoms with Gasteiger partial charge in [-0.05, 0) is 53.1 Å². The third-order valence-electron chi connectivity index (χ3n) is 4.90. The van der Waals surface area contributed by atoms with Gasteiger partial charge in [0.25, 0.3) is 0 Å². The lowest BCUT2D eigenvalue weighted by Crippen LogP contribution is -2.47. The Hall–Kier alpha value is -1.75. The summed E-state index contributed by atoms with van der Waals surface area (Å²) >= 11 is 0. The van der Waals surface area contributed by atoms with Gasteiger partial charge in [0.05, 0.1) is 20.8 Å². The SMILES string of the molecule is COc1ccc(C2CCCN2CC(=O)N(C(C)C)C(C)C)c(OC)c1. The zero-order valence-electron chi connectivity index (χ0n) is 16.4. The van der Waals surface area contributed by atoms with Gasteiger partial charge in [0, 0.05) is 29.8 Å². The van der Waals surface area contributed by atoms with E-state index < -0.39 is 0 Å². The number of benzene rings is 1. The molecule has 1 atom stereocenters. The van der Waals surface area contributed by atoms with Gasteiger partial charge in [0.15, 0.2) is 0 Å². The van der Waals surface area contributed by atoms with E-state index in [0.717, 1.165) is 36.4 Å². The van der Waals surface area contributed by atoms with Crippen molar-refractivity contribution in [2.24, 2.45) is 0 Å². The molecule has 0 aliphatic carbocycles. The van der Waals surface area contributed by atoms with Crippen molar-refractivity contribution in [3.63, 3.8) is 0 Å². The molecule has 1 amide bonds. The van der Waals surface area contributed by atoms with Crippen LogP contribution in [0.5, 0.6) is 11.5 Å². The highest BCUT2D eigenvalue weighted by molar-refractivity contribution is 5.79. The number of hydrogen-bond donors (Lipinski definition) is 0. The lowest BCUT2D eigenvalue weighted by Gasteiger charge is -2.34. The number of hydrogen-bond acceptors (Lipinski definition) is 4. The number of likely N-dealkylation sites (tertiary alicyclic amines) is 1. The fraction of sp³-hybridized carbons (Fsp3) is 0.650. The molecule has 5 nitrogen and oxygen atoms in total. The lowest BCUT2D eigenvalue weighted by molar-refractivity contribution is -0.136. The molecule has 140 valence electrons. The van der Waals surface area contributed by atoms with Crippen LogP contribution in [0.25, 0.3) is 0 Å². The molecule has 1 aromatic rings. The van der Waals surface area contributed by atoms with E-state index >= 15 is 0 Å². The number of ether oxygens (including phenoxy) is 2. The molecule has 1 aromatic carbocycles. The average Bonchev–Trinajstić information content (AvgIpc) is 3.01. The maximum absolute atomic E-state index is 12.8. The third-order valence-corrected chi connectivity index (χ3v) is 4.90. The number of amides is 1. The van der Waals surface area contributed by atoms with Gasteiger partial charge >= 0.3 is 0 Å². The van der Waals surface area contributed by atoms with Gasteiger partial charge in [0.2, 0.25) is 5.91 Å². The molecule has 1 unspecified atom stereocenters. The van der Waals surface area contributed by atoms with Crippen molar-refractivity contribution in [2.75, 3.05) is 27.3 Å². The Bertz CT molecular complexity index is 578. The molecule has 0 N–H and O–H groups in total. The Kier molecular flexibility index (Phi) is 6.71. The summed E-state index contributed by atoms with van der Waals surface area (Å²) in [5.41, 5.74) is 1.13. The molecule has 0 bridgehead atoms. The summed E-state index contributed by atoms with van der Waals surface area (Å²) in [6.07, 6.45) is 2.13. The van der Waals surface area contributed by atoms with E-state index in [0.29, 0.717) is 6.54 Å². The highest BCUT2D eigenvalue weighted by Gasteiger charge is 2.32. The number of methoxy groups -OCH3 is 2. The summed E-state index contributed by atoms with van der Waals surface area (Å²) in [5.74, 6) is 1.81. The molecule has 0 spiro atoms. The molecule has 0 saturated carbocycles. The normalized spacial score (nSPS) is 18.0. The van der Waals surface area contributed by atoms with Crippen molar-refractivity contribution in [3.8, 4) is 11.5 Å². The first-order chi connectivity index (χ1) is 11.9. The van der Waals surface area contributed by atoms with E-state index in [1.54, 1.807) is 14.2 Å². The smallest absolute Gasteiger partial charge is 0.237 e. The first kappa shape index (κ1) is 19.6. The van der Waals surface area contributed by atoms with Crippen LogP contribution in [0.3, 0.4) is 0 Å². The van der Waals surface area contributed by atoms with Crippen LogP contribution in [0, 0.1) is 0 Å². The second-order valence-electron chi connectivity index (χ2n) is 7.22. The minimum Gasteiger partial charge on any atom is -0.497 e. The van der Waals surface area contributed by atoms with E-state index in [1.807, 2.05) is 17.0 Å². The molecule has 5 heteroatoms. The first-order valence-electron chi connectivity index (χ1n) is 9.16. The van der Waals surface area contributed by atoms with E-state index in [1.165, 1.54) is 0 Å². The summed E-state index contributed by atoms with van der Waals surface area (Å²) < 4.78 is 10.9. The Morgan fingerprint density at radius 2 is 1.88 bits per heavy atom. The molecule has 2 rings (SSSR count). The van der Waals surface area contributed by atoms with Gasteiger partial charge < -0.3 is 14.4 Å². The zero-order valence-corrected chi connectivity index (χ0v) is 16.4. The number of rotatable bonds is 7. The van der Waals surface area contributed by atoms with Crippen LogP contribution in [0.4, 0.5) is 0 Å². The van der Waals surface area contributed by atoms with Gasteiger partial charge in [-0.3, -0.25) is 9.69 Å². The van der Waals surface area contributed by atoms with Crippen molar-refractivity contribution in [1.82, 2.24) is 9.80 Å². The molecule has 1 heterocycles. The van der Waals surface area contributed by atoms with Crippen LogP contribution in [0.15, 0.2) is 18.2 Å². The van der Waals surface area contributed by atoms with Gasteiger partial charge in [-0.15, -0.1) is 0 Å². The second-order valence-corrected chi connectivity index (χ2v) is 7.22. The van der Waals surface area contributed by atoms with E-state index in [4.69, 9.17) is 9.47 Å². The van der Waals surface area contributed by atoms with Crippen molar-refractivity contribution in [2.45, 2.75) is 58.7 Å². The summed E-state index contributed by atoms with van der Waals surface area (Å²) in [7, 11) is 3.34. The minimum absolute atomic E-state index is 0.198. The van der Waals surface area contributed by atoms with Crippen molar-refractivity contribution in [3.05, 3.63) is 23.8 Å². The van der Waals surface area contributed by atoms with Crippen LogP contribution < -0.4 is 9.47 Å². The molecule has 1 saturated heterocycles. The first-order valence-corrected chi connectivity index (χ1v) is 9.16. The maximum atomic E-state index is 12.8. The van der Waals surface area contributed by atoms with Crippen molar-refractivity contribution in [1.29, 1.82) is 0 Å². The summed E-state index contributed by atoms with van der Waals surface area (Å²) in [6.45, 7) is 9.70.